The predicted octanol–water partition coefficient (Wildman–Crippen LogP) is 4.42. The average molecular weight is 421 g/mol. The summed E-state index contributed by atoms with van der Waals surface area (Å²) >= 11 is 12.1. The van der Waals surface area contributed by atoms with Crippen LogP contribution >= 0.6 is 23.2 Å². The fourth-order valence-electron chi connectivity index (χ4n) is 3.11. The molecule has 0 fully saturated rings. The van der Waals surface area contributed by atoms with E-state index in [-0.39, 0.29) is 34.4 Å². The van der Waals surface area contributed by atoms with Gasteiger partial charge in [-0.2, -0.15) is 0 Å². The van der Waals surface area contributed by atoms with Gasteiger partial charge in [-0.3, -0.25) is 4.79 Å². The number of nitrogens with zero attached hydrogens (tertiary/aromatic N) is 4. The van der Waals surface area contributed by atoms with Gasteiger partial charge in [0, 0.05) is 35.9 Å². The van der Waals surface area contributed by atoms with E-state index in [4.69, 9.17) is 23.2 Å². The van der Waals surface area contributed by atoms with E-state index in [2.05, 4.69) is 35.3 Å². The Hall–Kier alpha value is -2.15. The third kappa shape index (κ3) is 4.29. The molecule has 0 saturated heterocycles. The van der Waals surface area contributed by atoms with Crippen molar-refractivity contribution in [2.45, 2.75) is 27.3 Å². The van der Waals surface area contributed by atoms with Gasteiger partial charge in [0.25, 0.3) is 5.91 Å². The van der Waals surface area contributed by atoms with Crippen LogP contribution in [0.1, 0.15) is 31.1 Å². The van der Waals surface area contributed by atoms with E-state index in [0.717, 1.165) is 17.4 Å². The van der Waals surface area contributed by atoms with Crippen LogP contribution in [0.3, 0.4) is 0 Å². The molecular formula is C20H22Cl2N4O2. The zero-order valence-electron chi connectivity index (χ0n) is 16.0. The summed E-state index contributed by atoms with van der Waals surface area (Å²) in [6.45, 7) is 7.31. The van der Waals surface area contributed by atoms with Gasteiger partial charge in [0.15, 0.2) is 0 Å². The second-order valence-electron chi connectivity index (χ2n) is 7.76. The summed E-state index contributed by atoms with van der Waals surface area (Å²) in [5, 5.41) is 10.4. The summed E-state index contributed by atoms with van der Waals surface area (Å²) in [6, 6.07) is 7.74. The number of hydrogen-bond donors (Lipinski definition) is 1. The van der Waals surface area contributed by atoms with Crippen LogP contribution in [0, 0.1) is 5.41 Å². The van der Waals surface area contributed by atoms with Crippen LogP contribution in [-0.2, 0) is 6.54 Å². The van der Waals surface area contributed by atoms with Gasteiger partial charge in [-0.25, -0.2) is 9.97 Å². The first-order valence-corrected chi connectivity index (χ1v) is 9.64. The molecule has 148 valence electrons. The molecule has 0 aliphatic carbocycles. The normalized spacial score (nSPS) is 11.8. The Morgan fingerprint density at radius 3 is 2.46 bits per heavy atom. The number of carbonyl (C=O) groups is 1. The summed E-state index contributed by atoms with van der Waals surface area (Å²) < 4.78 is 2.19. The van der Waals surface area contributed by atoms with Crippen molar-refractivity contribution in [1.82, 2.24) is 14.5 Å². The largest absolute Gasteiger partial charge is 0.395 e. The molecule has 0 aliphatic heterocycles. The lowest BCUT2D eigenvalue weighted by Crippen LogP contribution is -2.34. The fourth-order valence-corrected chi connectivity index (χ4v) is 3.58. The topological polar surface area (TPSA) is 71.2 Å². The predicted molar refractivity (Wildman–Crippen MR) is 112 cm³/mol. The second kappa shape index (κ2) is 8.07. The van der Waals surface area contributed by atoms with E-state index in [1.807, 2.05) is 30.5 Å². The standard InChI is InChI=1S/C20H22Cl2N4O2/c1-20(2,3)11-25-7-6-13-10-14(4-5-15(13)25)26(8-9-27)19(28)16-17(21)23-12-24-18(16)22/h4-7,10,12,27H,8-9,11H2,1-3H3. The molecule has 1 N–H and O–H groups in total. The van der Waals surface area contributed by atoms with Crippen LogP contribution in [0.25, 0.3) is 10.9 Å². The maximum Gasteiger partial charge on any atom is 0.264 e. The van der Waals surface area contributed by atoms with Gasteiger partial charge < -0.3 is 14.6 Å². The molecule has 2 heterocycles. The highest BCUT2D eigenvalue weighted by atomic mass is 35.5. The molecule has 1 aromatic carbocycles. The van der Waals surface area contributed by atoms with Crippen LogP contribution in [0.2, 0.25) is 10.3 Å². The number of rotatable bonds is 5. The second-order valence-corrected chi connectivity index (χ2v) is 8.47. The molecule has 8 heteroatoms. The number of halogens is 2. The number of hydrogen-bond acceptors (Lipinski definition) is 4. The highest BCUT2D eigenvalue weighted by Gasteiger charge is 2.24. The number of anilines is 1. The fraction of sp³-hybridized carbons (Fsp3) is 0.350. The van der Waals surface area contributed by atoms with Gasteiger partial charge in [0.1, 0.15) is 22.2 Å². The molecule has 2 aromatic heterocycles. The van der Waals surface area contributed by atoms with Crippen molar-refractivity contribution in [3.63, 3.8) is 0 Å². The number of amides is 1. The minimum absolute atomic E-state index is 0.0182. The van der Waals surface area contributed by atoms with Crippen LogP contribution in [0.5, 0.6) is 0 Å². The van der Waals surface area contributed by atoms with E-state index < -0.39 is 5.91 Å². The first kappa shape index (κ1) is 20.6. The molecule has 0 unspecified atom stereocenters. The van der Waals surface area contributed by atoms with Crippen molar-refractivity contribution in [1.29, 1.82) is 0 Å². The first-order chi connectivity index (χ1) is 13.2. The Bertz CT molecular complexity index is 991. The van der Waals surface area contributed by atoms with Crippen molar-refractivity contribution in [3.05, 3.63) is 52.7 Å². The van der Waals surface area contributed by atoms with Gasteiger partial charge >= 0.3 is 0 Å². The Labute approximate surface area is 173 Å². The monoisotopic (exact) mass is 420 g/mol. The SMILES string of the molecule is CC(C)(C)Cn1ccc2cc(N(CCO)C(=O)c3c(Cl)ncnc3Cl)ccc21. The molecule has 0 aliphatic rings. The van der Waals surface area contributed by atoms with Crippen molar-refractivity contribution >= 4 is 45.7 Å². The highest BCUT2D eigenvalue weighted by Crippen LogP contribution is 2.29. The highest BCUT2D eigenvalue weighted by molar-refractivity contribution is 6.39. The van der Waals surface area contributed by atoms with Crippen molar-refractivity contribution in [2.24, 2.45) is 5.41 Å². The lowest BCUT2D eigenvalue weighted by atomic mass is 9.97. The molecule has 0 atom stereocenters. The lowest BCUT2D eigenvalue weighted by Gasteiger charge is -2.23. The van der Waals surface area contributed by atoms with E-state index >= 15 is 0 Å². The number of carbonyl (C=O) groups excluding carboxylic acids is 1. The Morgan fingerprint density at radius 1 is 1.18 bits per heavy atom. The molecule has 1 amide bonds. The summed E-state index contributed by atoms with van der Waals surface area (Å²) in [7, 11) is 0. The Morgan fingerprint density at radius 2 is 1.86 bits per heavy atom. The molecule has 0 spiro atoms. The van der Waals surface area contributed by atoms with Crippen LogP contribution in [0.15, 0.2) is 36.8 Å². The average Bonchev–Trinajstić information content (AvgIpc) is 2.99. The quantitative estimate of drug-likeness (QED) is 0.619. The van der Waals surface area contributed by atoms with Gasteiger partial charge in [-0.1, -0.05) is 44.0 Å². The zero-order valence-corrected chi connectivity index (χ0v) is 17.5. The van der Waals surface area contributed by atoms with E-state index in [9.17, 15) is 9.90 Å². The van der Waals surface area contributed by atoms with Crippen LogP contribution in [0.4, 0.5) is 5.69 Å². The summed E-state index contributed by atoms with van der Waals surface area (Å²) in [6.07, 6.45) is 3.23. The molecule has 0 bridgehead atoms. The smallest absolute Gasteiger partial charge is 0.264 e. The Balaban J connectivity index is 2.00. The van der Waals surface area contributed by atoms with Gasteiger partial charge in [0.2, 0.25) is 0 Å². The van der Waals surface area contributed by atoms with E-state index in [0.29, 0.717) is 5.69 Å². The van der Waals surface area contributed by atoms with E-state index in [1.165, 1.54) is 11.2 Å². The summed E-state index contributed by atoms with van der Waals surface area (Å²) in [4.78, 5) is 22.2. The number of aliphatic hydroxyl groups excluding tert-OH is 1. The molecular weight excluding hydrogens is 399 g/mol. The number of aliphatic hydroxyl groups is 1. The minimum Gasteiger partial charge on any atom is -0.395 e. The van der Waals surface area contributed by atoms with Gasteiger partial charge in [-0.05, 0) is 29.7 Å². The maximum atomic E-state index is 13.1. The maximum absolute atomic E-state index is 13.1. The van der Waals surface area contributed by atoms with Crippen molar-refractivity contribution in [2.75, 3.05) is 18.1 Å². The van der Waals surface area contributed by atoms with Crippen molar-refractivity contribution < 1.29 is 9.90 Å². The Kier molecular flexibility index (Phi) is 5.93. The van der Waals surface area contributed by atoms with E-state index in [1.54, 1.807) is 0 Å². The van der Waals surface area contributed by atoms with Crippen LogP contribution < -0.4 is 4.90 Å². The lowest BCUT2D eigenvalue weighted by molar-refractivity contribution is 0.0980. The summed E-state index contributed by atoms with van der Waals surface area (Å²) in [5.41, 5.74) is 1.87. The first-order valence-electron chi connectivity index (χ1n) is 8.89. The molecule has 3 rings (SSSR count). The van der Waals surface area contributed by atoms with Gasteiger partial charge in [0.05, 0.1) is 6.61 Å². The molecule has 0 saturated carbocycles. The van der Waals surface area contributed by atoms with Crippen LogP contribution in [-0.4, -0.2) is 38.7 Å². The molecule has 6 nitrogen and oxygen atoms in total. The summed E-state index contributed by atoms with van der Waals surface area (Å²) in [5.74, 6) is -0.460. The minimum atomic E-state index is -0.460. The zero-order chi connectivity index (χ0) is 20.5. The van der Waals surface area contributed by atoms with Gasteiger partial charge in [-0.15, -0.1) is 0 Å². The van der Waals surface area contributed by atoms with Crippen molar-refractivity contribution in [3.8, 4) is 0 Å². The molecule has 3 aromatic rings. The number of benzene rings is 1. The third-order valence-electron chi connectivity index (χ3n) is 4.25. The number of aromatic nitrogens is 3. The molecule has 0 radical (unpaired) electrons. The third-order valence-corrected chi connectivity index (χ3v) is 4.82. The number of fused-ring (bicyclic) bond motifs is 1. The molecule has 28 heavy (non-hydrogen) atoms.